The molecule has 0 aliphatic carbocycles. The van der Waals surface area contributed by atoms with Crippen molar-refractivity contribution in [1.29, 1.82) is 0 Å². The van der Waals surface area contributed by atoms with Gasteiger partial charge in [0, 0.05) is 18.1 Å². The fraction of sp³-hybridized carbons (Fsp3) is 0.375. The number of imidazole rings is 1. The zero-order valence-corrected chi connectivity index (χ0v) is 14.0. The van der Waals surface area contributed by atoms with Gasteiger partial charge in [0.15, 0.2) is 12.1 Å². The number of aromatic nitrogens is 2. The second-order valence-corrected chi connectivity index (χ2v) is 6.36. The minimum atomic E-state index is -0.109. The highest BCUT2D eigenvalue weighted by atomic mass is 35.5. The molecule has 4 rings (SSSR count). The van der Waals surface area contributed by atoms with E-state index in [1.54, 1.807) is 18.5 Å². The van der Waals surface area contributed by atoms with Gasteiger partial charge in [0.25, 0.3) is 5.91 Å². The third-order valence-corrected chi connectivity index (χ3v) is 4.68. The Balaban J connectivity index is 1.51. The first-order valence-electron chi connectivity index (χ1n) is 7.85. The van der Waals surface area contributed by atoms with Crippen LogP contribution >= 0.6 is 11.6 Å². The van der Waals surface area contributed by atoms with Gasteiger partial charge in [0.05, 0.1) is 12.9 Å². The first-order chi connectivity index (χ1) is 11.6. The molecule has 2 aliphatic rings. The number of nitrogens with zero attached hydrogens (tertiary/aromatic N) is 4. The van der Waals surface area contributed by atoms with Gasteiger partial charge >= 0.3 is 0 Å². The highest BCUT2D eigenvalue weighted by Gasteiger charge is 2.44. The molecule has 1 saturated heterocycles. The van der Waals surface area contributed by atoms with Gasteiger partial charge in [0.1, 0.15) is 18.1 Å². The minimum absolute atomic E-state index is 0.00622. The number of aromatic amines is 1. The lowest BCUT2D eigenvalue weighted by Gasteiger charge is -2.41. The average molecular weight is 348 g/mol. The molecule has 0 spiro atoms. The molecule has 24 heavy (non-hydrogen) atoms. The number of halogens is 1. The number of anilines is 1. The van der Waals surface area contributed by atoms with Crippen molar-refractivity contribution in [1.82, 2.24) is 19.8 Å². The third kappa shape index (κ3) is 2.50. The highest BCUT2D eigenvalue weighted by Crippen LogP contribution is 2.31. The van der Waals surface area contributed by atoms with Crippen LogP contribution in [0.15, 0.2) is 30.6 Å². The molecule has 2 aromatic rings. The topological polar surface area (TPSA) is 64.7 Å². The molecule has 0 saturated carbocycles. The number of carbonyl (C=O) groups is 1. The van der Waals surface area contributed by atoms with Crippen molar-refractivity contribution in [2.75, 3.05) is 38.2 Å². The van der Waals surface area contributed by atoms with Gasteiger partial charge in [0.2, 0.25) is 0 Å². The molecule has 1 aromatic heterocycles. The maximum absolute atomic E-state index is 12.5. The molecule has 0 bridgehead atoms. The zero-order chi connectivity index (χ0) is 16.7. The van der Waals surface area contributed by atoms with E-state index >= 15 is 0 Å². The number of carbonyl (C=O) groups excluding carboxylic acids is 1. The first kappa shape index (κ1) is 15.3. The number of benzene rings is 1. The molecular weight excluding hydrogens is 330 g/mol. The number of likely N-dealkylation sites (N-methyl/N-ethyl adjacent to an activating group) is 1. The number of hydrogen-bond donors (Lipinski definition) is 1. The SMILES string of the molecule is CN1CCN2C(=O)c3[nH]cnc3N(CCOc3ccc(Cl)cc3)C12. The van der Waals surface area contributed by atoms with E-state index in [0.29, 0.717) is 36.2 Å². The van der Waals surface area contributed by atoms with Crippen molar-refractivity contribution in [3.8, 4) is 5.75 Å². The van der Waals surface area contributed by atoms with Crippen molar-refractivity contribution in [3.63, 3.8) is 0 Å². The second kappa shape index (κ2) is 5.99. The van der Waals surface area contributed by atoms with E-state index in [1.165, 1.54) is 0 Å². The Kier molecular flexibility index (Phi) is 3.82. The van der Waals surface area contributed by atoms with Gasteiger partial charge in [-0.15, -0.1) is 0 Å². The summed E-state index contributed by atoms with van der Waals surface area (Å²) in [6.45, 7) is 2.67. The summed E-state index contributed by atoms with van der Waals surface area (Å²) in [4.78, 5) is 26.0. The lowest BCUT2D eigenvalue weighted by atomic mass is 10.2. The largest absolute Gasteiger partial charge is 0.492 e. The summed E-state index contributed by atoms with van der Waals surface area (Å²) >= 11 is 5.88. The van der Waals surface area contributed by atoms with E-state index in [1.807, 2.05) is 24.1 Å². The predicted molar refractivity (Wildman–Crippen MR) is 90.3 cm³/mol. The van der Waals surface area contributed by atoms with Crippen molar-refractivity contribution in [3.05, 3.63) is 41.3 Å². The lowest BCUT2D eigenvalue weighted by Crippen LogP contribution is -2.57. The van der Waals surface area contributed by atoms with E-state index in [9.17, 15) is 4.79 Å². The summed E-state index contributed by atoms with van der Waals surface area (Å²) in [6.07, 6.45) is 1.46. The van der Waals surface area contributed by atoms with E-state index in [2.05, 4.69) is 19.8 Å². The first-order valence-corrected chi connectivity index (χ1v) is 8.22. The number of amides is 1. The fourth-order valence-corrected chi connectivity index (χ4v) is 3.40. The molecule has 7 nitrogen and oxygen atoms in total. The third-order valence-electron chi connectivity index (χ3n) is 4.43. The van der Waals surface area contributed by atoms with E-state index in [-0.39, 0.29) is 12.2 Å². The lowest BCUT2D eigenvalue weighted by molar-refractivity contribution is 0.0613. The van der Waals surface area contributed by atoms with Crippen LogP contribution in [0.4, 0.5) is 5.82 Å². The standard InChI is InChI=1S/C16H18ClN5O2/c1-20-6-7-22-15(23)13-14(19-10-18-13)21(16(20)22)8-9-24-12-4-2-11(17)3-5-12/h2-5,10,16H,6-9H2,1H3,(H,18,19). The monoisotopic (exact) mass is 347 g/mol. The van der Waals surface area contributed by atoms with Gasteiger partial charge < -0.3 is 19.5 Å². The maximum atomic E-state index is 12.5. The quantitative estimate of drug-likeness (QED) is 0.910. The Morgan fingerprint density at radius 1 is 1.33 bits per heavy atom. The van der Waals surface area contributed by atoms with Crippen molar-refractivity contribution in [2.24, 2.45) is 0 Å². The molecule has 2 aliphatic heterocycles. The minimum Gasteiger partial charge on any atom is -0.492 e. The molecule has 1 amide bonds. The Labute approximate surface area is 144 Å². The van der Waals surface area contributed by atoms with E-state index in [4.69, 9.17) is 16.3 Å². The van der Waals surface area contributed by atoms with Gasteiger partial charge in [-0.3, -0.25) is 9.69 Å². The van der Waals surface area contributed by atoms with Gasteiger partial charge in [-0.25, -0.2) is 4.98 Å². The Bertz CT molecular complexity index is 747. The number of rotatable bonds is 4. The van der Waals surface area contributed by atoms with Crippen LogP contribution < -0.4 is 9.64 Å². The zero-order valence-electron chi connectivity index (χ0n) is 13.3. The maximum Gasteiger partial charge on any atom is 0.276 e. The molecule has 1 atom stereocenters. The van der Waals surface area contributed by atoms with Crippen LogP contribution in [0.25, 0.3) is 0 Å². The number of fused-ring (bicyclic) bond motifs is 2. The summed E-state index contributed by atoms with van der Waals surface area (Å²) in [5, 5.41) is 0.682. The molecule has 1 fully saturated rings. The van der Waals surface area contributed by atoms with Gasteiger partial charge in [-0.2, -0.15) is 0 Å². The van der Waals surface area contributed by atoms with Gasteiger partial charge in [-0.05, 0) is 31.3 Å². The Hall–Kier alpha value is -2.25. The van der Waals surface area contributed by atoms with Crippen LogP contribution in [0, 0.1) is 0 Å². The molecule has 1 aromatic carbocycles. The van der Waals surface area contributed by atoms with Crippen LogP contribution in [0.1, 0.15) is 10.5 Å². The summed E-state index contributed by atoms with van der Waals surface area (Å²) in [7, 11) is 2.02. The van der Waals surface area contributed by atoms with Gasteiger partial charge in [-0.1, -0.05) is 11.6 Å². The molecule has 8 heteroatoms. The molecule has 0 radical (unpaired) electrons. The molecule has 126 valence electrons. The fourth-order valence-electron chi connectivity index (χ4n) is 3.28. The van der Waals surface area contributed by atoms with Crippen molar-refractivity contribution < 1.29 is 9.53 Å². The summed E-state index contributed by atoms with van der Waals surface area (Å²) < 4.78 is 5.81. The van der Waals surface area contributed by atoms with Crippen LogP contribution in [-0.4, -0.2) is 65.3 Å². The molecular formula is C16H18ClN5O2. The number of ether oxygens (including phenoxy) is 1. The number of H-pyrrole nitrogens is 1. The van der Waals surface area contributed by atoms with E-state index in [0.717, 1.165) is 12.3 Å². The van der Waals surface area contributed by atoms with Crippen molar-refractivity contribution >= 4 is 23.3 Å². The van der Waals surface area contributed by atoms with Crippen LogP contribution in [0.3, 0.4) is 0 Å². The predicted octanol–water partition coefficient (Wildman–Crippen LogP) is 1.63. The second-order valence-electron chi connectivity index (χ2n) is 5.92. The number of hydrogen-bond acceptors (Lipinski definition) is 5. The van der Waals surface area contributed by atoms with E-state index < -0.39 is 0 Å². The molecule has 3 heterocycles. The smallest absolute Gasteiger partial charge is 0.276 e. The molecule has 1 N–H and O–H groups in total. The Morgan fingerprint density at radius 2 is 2.12 bits per heavy atom. The number of nitrogens with one attached hydrogen (secondary N) is 1. The van der Waals surface area contributed by atoms with Crippen LogP contribution in [0.2, 0.25) is 5.02 Å². The van der Waals surface area contributed by atoms with Crippen molar-refractivity contribution in [2.45, 2.75) is 6.29 Å². The average Bonchev–Trinajstić information content (AvgIpc) is 3.20. The molecule has 1 unspecified atom stereocenters. The highest BCUT2D eigenvalue weighted by molar-refractivity contribution is 6.30. The summed E-state index contributed by atoms with van der Waals surface area (Å²) in [6, 6.07) is 7.29. The van der Waals surface area contributed by atoms with Crippen LogP contribution in [-0.2, 0) is 0 Å². The normalized spacial score (nSPS) is 20.2. The Morgan fingerprint density at radius 3 is 2.92 bits per heavy atom. The summed E-state index contributed by atoms with van der Waals surface area (Å²) in [5.74, 6) is 1.47. The van der Waals surface area contributed by atoms with Crippen LogP contribution in [0.5, 0.6) is 5.75 Å². The summed E-state index contributed by atoms with van der Waals surface area (Å²) in [5.41, 5.74) is 0.549.